The Hall–Kier alpha value is -2.68. The first-order valence-corrected chi connectivity index (χ1v) is 12.9. The largest absolute Gasteiger partial charge is 0.373 e. The van der Waals surface area contributed by atoms with Crippen molar-refractivity contribution in [2.75, 3.05) is 0 Å². The monoisotopic (exact) mass is 548 g/mol. The van der Waals surface area contributed by atoms with E-state index in [4.69, 9.17) is 42.9 Å². The van der Waals surface area contributed by atoms with E-state index >= 15 is 0 Å². The maximum atomic E-state index is 12.1. The summed E-state index contributed by atoms with van der Waals surface area (Å²) in [6, 6.07) is 7.48. The summed E-state index contributed by atoms with van der Waals surface area (Å²) < 4.78 is 4.51. The van der Waals surface area contributed by atoms with E-state index in [-0.39, 0.29) is 11.7 Å². The average Bonchev–Trinajstić information content (AvgIpc) is 3.37. The van der Waals surface area contributed by atoms with Crippen molar-refractivity contribution in [1.29, 1.82) is 0 Å². The van der Waals surface area contributed by atoms with Crippen molar-refractivity contribution >= 4 is 52.5 Å². The Kier molecular flexibility index (Phi) is 8.74. The van der Waals surface area contributed by atoms with Crippen molar-refractivity contribution in [2.45, 2.75) is 37.2 Å². The van der Waals surface area contributed by atoms with Crippen LogP contribution in [-0.2, 0) is 16.6 Å². The lowest BCUT2D eigenvalue weighted by molar-refractivity contribution is -0.191. The number of halogens is 2. The molecular formula is C24H22Cl2N4O3S2. The first-order valence-electron chi connectivity index (χ1n) is 10.4. The molecule has 4 aromatic rings. The second-order valence-corrected chi connectivity index (χ2v) is 11.5. The quantitative estimate of drug-likeness (QED) is 0.276. The van der Waals surface area contributed by atoms with Gasteiger partial charge < -0.3 is 4.57 Å². The summed E-state index contributed by atoms with van der Waals surface area (Å²) in [6.07, 6.45) is 4.06. The number of nitrogens with zero attached hydrogens (tertiary/aromatic N) is 4. The molecule has 0 aliphatic heterocycles. The molecule has 3 heterocycles. The van der Waals surface area contributed by atoms with Crippen molar-refractivity contribution in [2.24, 2.45) is 7.05 Å². The maximum absolute atomic E-state index is 12.1. The highest BCUT2D eigenvalue weighted by molar-refractivity contribution is 8.01. The predicted molar refractivity (Wildman–Crippen MR) is 141 cm³/mol. The summed E-state index contributed by atoms with van der Waals surface area (Å²) in [5.41, 5.74) is 5.27. The number of pyridine rings is 1. The molecule has 11 heteroatoms. The molecule has 35 heavy (non-hydrogen) atoms. The molecule has 0 radical (unpaired) electrons. The van der Waals surface area contributed by atoms with Crippen molar-refractivity contribution in [3.05, 3.63) is 68.3 Å². The third-order valence-electron chi connectivity index (χ3n) is 4.89. The molecule has 0 unspecified atom stereocenters. The van der Waals surface area contributed by atoms with E-state index in [1.54, 1.807) is 45.5 Å². The molecule has 4 rings (SSSR count). The van der Waals surface area contributed by atoms with E-state index in [1.165, 1.54) is 0 Å². The van der Waals surface area contributed by atoms with E-state index in [0.717, 1.165) is 37.4 Å². The van der Waals surface area contributed by atoms with E-state index < -0.39 is 0 Å². The Morgan fingerprint density at radius 2 is 1.74 bits per heavy atom. The molecule has 0 bridgehead atoms. The van der Waals surface area contributed by atoms with Crippen LogP contribution in [-0.4, -0.2) is 30.7 Å². The zero-order valence-electron chi connectivity index (χ0n) is 19.6. The van der Waals surface area contributed by atoms with Gasteiger partial charge in [0.1, 0.15) is 0 Å². The standard InChI is InChI=1S/C23H22Cl2N4OS2.CO2/c1-12(2)31-22-20(15-6-7-18(24)19(25)9-15)26-23(32-22)29-11-17(14(4)27-29)16-8-13(3)21(30)28(5)10-16;2-1-3/h6-12H,1-5H3;. The summed E-state index contributed by atoms with van der Waals surface area (Å²) in [6.45, 7) is 8.09. The van der Waals surface area contributed by atoms with Gasteiger partial charge in [-0.15, -0.1) is 11.8 Å². The van der Waals surface area contributed by atoms with Gasteiger partial charge in [0.05, 0.1) is 25.6 Å². The molecule has 0 spiro atoms. The Balaban J connectivity index is 0.00000108. The van der Waals surface area contributed by atoms with Crippen LogP contribution in [0.2, 0.25) is 10.0 Å². The van der Waals surface area contributed by atoms with E-state index in [0.29, 0.717) is 20.9 Å². The summed E-state index contributed by atoms with van der Waals surface area (Å²) in [5.74, 6) is 0. The van der Waals surface area contributed by atoms with Crippen molar-refractivity contribution in [3.8, 4) is 27.5 Å². The molecule has 0 N–H and O–H groups in total. The second-order valence-electron chi connectivity index (χ2n) is 7.91. The molecule has 3 aromatic heterocycles. The van der Waals surface area contributed by atoms with Gasteiger partial charge in [-0.25, -0.2) is 9.67 Å². The fourth-order valence-corrected chi connectivity index (χ4v) is 6.12. The first-order chi connectivity index (χ1) is 16.5. The van der Waals surface area contributed by atoms with E-state index in [2.05, 4.69) is 13.8 Å². The number of hydrogen-bond acceptors (Lipinski definition) is 7. The fraction of sp³-hybridized carbons (Fsp3) is 0.250. The Labute approximate surface area is 220 Å². The highest BCUT2D eigenvalue weighted by atomic mass is 35.5. The third-order valence-corrected chi connectivity index (χ3v) is 7.89. The smallest absolute Gasteiger partial charge is 0.318 e. The molecule has 7 nitrogen and oxygen atoms in total. The minimum Gasteiger partial charge on any atom is -0.318 e. The molecule has 0 saturated carbocycles. The van der Waals surface area contributed by atoms with Gasteiger partial charge in [-0.2, -0.15) is 14.7 Å². The number of thioether (sulfide) groups is 1. The molecule has 0 aliphatic rings. The zero-order valence-corrected chi connectivity index (χ0v) is 22.8. The maximum Gasteiger partial charge on any atom is 0.373 e. The zero-order chi connectivity index (χ0) is 25.9. The van der Waals surface area contributed by atoms with Crippen LogP contribution in [0.25, 0.3) is 27.5 Å². The summed E-state index contributed by atoms with van der Waals surface area (Å²) in [5, 5.41) is 6.90. The Morgan fingerprint density at radius 1 is 1.06 bits per heavy atom. The van der Waals surface area contributed by atoms with E-state index in [9.17, 15) is 4.79 Å². The molecular weight excluding hydrogens is 527 g/mol. The Bertz CT molecular complexity index is 1440. The van der Waals surface area contributed by atoms with Gasteiger partial charge in [-0.1, -0.05) is 54.5 Å². The topological polar surface area (TPSA) is 86.8 Å². The number of benzene rings is 1. The lowest BCUT2D eigenvalue weighted by atomic mass is 10.1. The van der Waals surface area contributed by atoms with Gasteiger partial charge in [0.25, 0.3) is 5.56 Å². The fourth-order valence-electron chi connectivity index (χ4n) is 3.38. The van der Waals surface area contributed by atoms with Gasteiger partial charge >= 0.3 is 6.15 Å². The van der Waals surface area contributed by atoms with Crippen LogP contribution < -0.4 is 5.56 Å². The third kappa shape index (κ3) is 6.12. The summed E-state index contributed by atoms with van der Waals surface area (Å²) in [4.78, 5) is 33.2. The molecule has 0 amide bonds. The molecule has 1 aromatic carbocycles. The van der Waals surface area contributed by atoms with Gasteiger partial charge in [0, 0.05) is 46.9 Å². The highest BCUT2D eigenvalue weighted by Crippen LogP contribution is 2.41. The number of aromatic nitrogens is 4. The van der Waals surface area contributed by atoms with Gasteiger partial charge in [-0.05, 0) is 32.0 Å². The lowest BCUT2D eigenvalue weighted by Gasteiger charge is -2.05. The minimum atomic E-state index is 0.000313. The van der Waals surface area contributed by atoms with Crippen LogP contribution in [0, 0.1) is 13.8 Å². The number of thiazole rings is 1. The average molecular weight is 550 g/mol. The molecule has 0 fully saturated rings. The van der Waals surface area contributed by atoms with Crippen molar-refractivity contribution in [3.63, 3.8) is 0 Å². The van der Waals surface area contributed by atoms with E-state index in [1.807, 2.05) is 44.4 Å². The van der Waals surface area contributed by atoms with Gasteiger partial charge in [0.2, 0.25) is 5.13 Å². The SMILES string of the molecule is Cc1nn(-c2nc(-c3ccc(Cl)c(Cl)c3)c(SC(C)C)s2)cc1-c1cc(C)c(=O)n(C)c1.O=C=O. The van der Waals surface area contributed by atoms with Gasteiger partial charge in [0.15, 0.2) is 0 Å². The summed E-state index contributed by atoms with van der Waals surface area (Å²) >= 11 is 15.7. The highest BCUT2D eigenvalue weighted by Gasteiger charge is 2.19. The second kappa shape index (κ2) is 11.4. The van der Waals surface area contributed by atoms with Crippen LogP contribution in [0.1, 0.15) is 25.1 Å². The molecule has 0 atom stereocenters. The van der Waals surface area contributed by atoms with Crippen molar-refractivity contribution < 1.29 is 9.59 Å². The molecule has 0 aliphatic carbocycles. The normalized spacial score (nSPS) is 10.7. The minimum absolute atomic E-state index is 0.000313. The predicted octanol–water partition coefficient (Wildman–Crippen LogP) is 6.20. The first kappa shape index (κ1) is 26.9. The van der Waals surface area contributed by atoms with Crippen molar-refractivity contribution in [1.82, 2.24) is 19.3 Å². The van der Waals surface area contributed by atoms with Crippen LogP contribution >= 0.6 is 46.3 Å². The lowest BCUT2D eigenvalue weighted by Crippen LogP contribution is -2.18. The number of hydrogen-bond donors (Lipinski definition) is 0. The number of carbonyl (C=O) groups excluding carboxylic acids is 2. The van der Waals surface area contributed by atoms with Crippen LogP contribution in [0.5, 0.6) is 0 Å². The van der Waals surface area contributed by atoms with Crippen LogP contribution in [0.3, 0.4) is 0 Å². The Morgan fingerprint density at radius 3 is 2.34 bits per heavy atom. The number of aryl methyl sites for hydroxylation is 3. The number of rotatable bonds is 5. The van der Waals surface area contributed by atoms with Crippen LogP contribution in [0.4, 0.5) is 0 Å². The van der Waals surface area contributed by atoms with Gasteiger partial charge in [-0.3, -0.25) is 4.79 Å². The molecule has 182 valence electrons. The summed E-state index contributed by atoms with van der Waals surface area (Å²) in [7, 11) is 1.76. The molecule has 0 saturated heterocycles. The van der Waals surface area contributed by atoms with Crippen LogP contribution in [0.15, 0.2) is 45.7 Å².